The Morgan fingerprint density at radius 3 is 3.00 bits per heavy atom. The van der Waals surface area contributed by atoms with E-state index < -0.39 is 0 Å². The van der Waals surface area contributed by atoms with Crippen molar-refractivity contribution >= 4 is 12.0 Å². The summed E-state index contributed by atoms with van der Waals surface area (Å²) in [5.41, 5.74) is 0. The molecule has 4 heterocycles. The average Bonchev–Trinajstić information content (AvgIpc) is 3.18. The highest BCUT2D eigenvalue weighted by molar-refractivity contribution is 5.91. The third-order valence-corrected chi connectivity index (χ3v) is 5.58. The van der Waals surface area contributed by atoms with Gasteiger partial charge in [0.1, 0.15) is 11.5 Å². The minimum atomic E-state index is 0.130. The maximum absolute atomic E-state index is 12.4. The molecule has 4 rings (SSSR count). The van der Waals surface area contributed by atoms with Gasteiger partial charge in [-0.1, -0.05) is 6.42 Å². The standard InChI is InChI=1S/C18H24N2O2/c1-13-5-6-15(22-13)7-8-18(21)20-11-14-10-19-9-3-2-4-17(19)16(14)12-20/h5-8,14,16-17H,2-4,9-12H2,1H3/b8-7+. The van der Waals surface area contributed by atoms with E-state index in [4.69, 9.17) is 4.42 Å². The highest BCUT2D eigenvalue weighted by atomic mass is 16.3. The third kappa shape index (κ3) is 2.50. The molecule has 3 unspecified atom stereocenters. The molecule has 118 valence electrons. The molecule has 1 aromatic heterocycles. The first-order valence-electron chi connectivity index (χ1n) is 8.48. The first-order chi connectivity index (χ1) is 10.7. The van der Waals surface area contributed by atoms with Crippen LogP contribution in [-0.2, 0) is 4.79 Å². The predicted octanol–water partition coefficient (Wildman–Crippen LogP) is 2.54. The number of amides is 1. The molecular formula is C18H24N2O2. The number of hydrogen-bond donors (Lipinski definition) is 0. The lowest BCUT2D eigenvalue weighted by Crippen LogP contribution is -2.40. The van der Waals surface area contributed by atoms with Crippen molar-refractivity contribution in [3.05, 3.63) is 29.7 Å². The van der Waals surface area contributed by atoms with Gasteiger partial charge in [0.2, 0.25) is 5.91 Å². The number of aryl methyl sites for hydroxylation is 1. The summed E-state index contributed by atoms with van der Waals surface area (Å²) in [6.45, 7) is 6.24. The minimum Gasteiger partial charge on any atom is -0.462 e. The smallest absolute Gasteiger partial charge is 0.246 e. The summed E-state index contributed by atoms with van der Waals surface area (Å²) in [5.74, 6) is 3.14. The zero-order chi connectivity index (χ0) is 15.1. The van der Waals surface area contributed by atoms with Crippen LogP contribution in [-0.4, -0.2) is 47.9 Å². The van der Waals surface area contributed by atoms with Crippen molar-refractivity contribution in [3.8, 4) is 0 Å². The van der Waals surface area contributed by atoms with Gasteiger partial charge < -0.3 is 9.32 Å². The van der Waals surface area contributed by atoms with E-state index in [1.54, 1.807) is 12.2 Å². The number of rotatable bonds is 2. The van der Waals surface area contributed by atoms with Gasteiger partial charge >= 0.3 is 0 Å². The van der Waals surface area contributed by atoms with E-state index in [0.29, 0.717) is 11.8 Å². The Balaban J connectivity index is 1.39. The summed E-state index contributed by atoms with van der Waals surface area (Å²) >= 11 is 0. The average molecular weight is 300 g/mol. The van der Waals surface area contributed by atoms with Gasteiger partial charge in [0, 0.05) is 31.8 Å². The number of piperidine rings is 1. The molecule has 3 saturated heterocycles. The van der Waals surface area contributed by atoms with Gasteiger partial charge in [-0.2, -0.15) is 0 Å². The van der Waals surface area contributed by atoms with Crippen LogP contribution in [0.5, 0.6) is 0 Å². The molecule has 4 heteroatoms. The van der Waals surface area contributed by atoms with Crippen LogP contribution < -0.4 is 0 Å². The monoisotopic (exact) mass is 300 g/mol. The van der Waals surface area contributed by atoms with Crippen molar-refractivity contribution in [2.75, 3.05) is 26.2 Å². The van der Waals surface area contributed by atoms with Crippen LogP contribution in [0.4, 0.5) is 0 Å². The normalized spacial score (nSPS) is 31.7. The summed E-state index contributed by atoms with van der Waals surface area (Å²) in [5, 5.41) is 0. The summed E-state index contributed by atoms with van der Waals surface area (Å²) in [4.78, 5) is 17.1. The molecule has 0 bridgehead atoms. The molecule has 0 aromatic carbocycles. The molecule has 22 heavy (non-hydrogen) atoms. The lowest BCUT2D eigenvalue weighted by molar-refractivity contribution is -0.125. The molecule has 0 spiro atoms. The van der Waals surface area contributed by atoms with E-state index in [2.05, 4.69) is 4.90 Å². The van der Waals surface area contributed by atoms with E-state index in [0.717, 1.165) is 30.7 Å². The maximum Gasteiger partial charge on any atom is 0.246 e. The largest absolute Gasteiger partial charge is 0.462 e. The van der Waals surface area contributed by atoms with Crippen molar-refractivity contribution in [1.82, 2.24) is 9.80 Å². The summed E-state index contributed by atoms with van der Waals surface area (Å²) in [6.07, 6.45) is 7.49. The zero-order valence-electron chi connectivity index (χ0n) is 13.2. The highest BCUT2D eigenvalue weighted by Gasteiger charge is 2.47. The molecule has 1 aromatic rings. The number of furan rings is 1. The second kappa shape index (κ2) is 5.58. The third-order valence-electron chi connectivity index (χ3n) is 5.58. The van der Waals surface area contributed by atoms with E-state index in [1.165, 1.54) is 32.4 Å². The molecule has 1 amide bonds. The van der Waals surface area contributed by atoms with E-state index in [9.17, 15) is 4.79 Å². The van der Waals surface area contributed by atoms with Crippen LogP contribution in [0.15, 0.2) is 22.6 Å². The second-order valence-corrected chi connectivity index (χ2v) is 7.01. The quantitative estimate of drug-likeness (QED) is 0.788. The number of likely N-dealkylation sites (tertiary alicyclic amines) is 1. The fourth-order valence-electron chi connectivity index (χ4n) is 4.54. The Morgan fingerprint density at radius 2 is 2.18 bits per heavy atom. The van der Waals surface area contributed by atoms with Gasteiger partial charge in [-0.15, -0.1) is 0 Å². The second-order valence-electron chi connectivity index (χ2n) is 7.01. The Labute approximate surface area is 131 Å². The predicted molar refractivity (Wildman–Crippen MR) is 85.3 cm³/mol. The fraction of sp³-hybridized carbons (Fsp3) is 0.611. The molecule has 0 radical (unpaired) electrons. The van der Waals surface area contributed by atoms with Crippen LogP contribution >= 0.6 is 0 Å². The van der Waals surface area contributed by atoms with Crippen molar-refractivity contribution in [2.45, 2.75) is 32.2 Å². The molecule has 0 N–H and O–H groups in total. The van der Waals surface area contributed by atoms with Crippen LogP contribution in [0.1, 0.15) is 30.8 Å². The topological polar surface area (TPSA) is 36.7 Å². The molecule has 0 aliphatic carbocycles. The molecule has 4 nitrogen and oxygen atoms in total. The molecule has 3 fully saturated rings. The molecular weight excluding hydrogens is 276 g/mol. The maximum atomic E-state index is 12.4. The Bertz CT molecular complexity index is 592. The fourth-order valence-corrected chi connectivity index (χ4v) is 4.54. The summed E-state index contributed by atoms with van der Waals surface area (Å²) in [7, 11) is 0. The Morgan fingerprint density at radius 1 is 1.27 bits per heavy atom. The molecule has 0 saturated carbocycles. The van der Waals surface area contributed by atoms with Crippen LogP contribution in [0.25, 0.3) is 6.08 Å². The number of carbonyl (C=O) groups is 1. The highest BCUT2D eigenvalue weighted by Crippen LogP contribution is 2.40. The lowest BCUT2D eigenvalue weighted by atomic mass is 9.90. The number of nitrogens with zero attached hydrogens (tertiary/aromatic N) is 2. The number of fused-ring (bicyclic) bond motifs is 3. The SMILES string of the molecule is Cc1ccc(/C=C/C(=O)N2CC3CN4CCCCC4C3C2)o1. The summed E-state index contributed by atoms with van der Waals surface area (Å²) in [6, 6.07) is 4.55. The van der Waals surface area contributed by atoms with Crippen molar-refractivity contribution in [2.24, 2.45) is 11.8 Å². The number of carbonyl (C=O) groups excluding carboxylic acids is 1. The molecule has 3 aliphatic rings. The minimum absolute atomic E-state index is 0.130. The van der Waals surface area contributed by atoms with Crippen molar-refractivity contribution in [1.29, 1.82) is 0 Å². The summed E-state index contributed by atoms with van der Waals surface area (Å²) < 4.78 is 5.48. The van der Waals surface area contributed by atoms with E-state index in [-0.39, 0.29) is 5.91 Å². The van der Waals surface area contributed by atoms with Gasteiger partial charge in [-0.3, -0.25) is 9.69 Å². The van der Waals surface area contributed by atoms with E-state index >= 15 is 0 Å². The zero-order valence-corrected chi connectivity index (χ0v) is 13.2. The van der Waals surface area contributed by atoms with Gasteiger partial charge in [0.15, 0.2) is 0 Å². The van der Waals surface area contributed by atoms with Gasteiger partial charge in [0.25, 0.3) is 0 Å². The van der Waals surface area contributed by atoms with Crippen LogP contribution in [0.3, 0.4) is 0 Å². The number of hydrogen-bond acceptors (Lipinski definition) is 3. The van der Waals surface area contributed by atoms with E-state index in [1.807, 2.05) is 24.0 Å². The Hall–Kier alpha value is -1.55. The lowest BCUT2D eigenvalue weighted by Gasteiger charge is -2.33. The van der Waals surface area contributed by atoms with Crippen molar-refractivity contribution < 1.29 is 9.21 Å². The molecule has 3 atom stereocenters. The van der Waals surface area contributed by atoms with Gasteiger partial charge in [0.05, 0.1) is 0 Å². The van der Waals surface area contributed by atoms with Gasteiger partial charge in [-0.05, 0) is 56.4 Å². The first kappa shape index (κ1) is 14.1. The van der Waals surface area contributed by atoms with Crippen LogP contribution in [0.2, 0.25) is 0 Å². The molecule has 3 aliphatic heterocycles. The Kier molecular flexibility index (Phi) is 3.57. The van der Waals surface area contributed by atoms with Crippen molar-refractivity contribution in [3.63, 3.8) is 0 Å². The van der Waals surface area contributed by atoms with Gasteiger partial charge in [-0.25, -0.2) is 0 Å². The first-order valence-corrected chi connectivity index (χ1v) is 8.48. The van der Waals surface area contributed by atoms with Crippen LogP contribution in [0, 0.1) is 18.8 Å².